The van der Waals surface area contributed by atoms with Gasteiger partial charge in [0, 0.05) is 12.8 Å². The van der Waals surface area contributed by atoms with Crippen LogP contribution in [0.15, 0.2) is 10.6 Å². The molecule has 0 amide bonds. The summed E-state index contributed by atoms with van der Waals surface area (Å²) in [6.45, 7) is 2.20. The first-order valence-corrected chi connectivity index (χ1v) is 10.4. The predicted molar refractivity (Wildman–Crippen MR) is 109 cm³/mol. The van der Waals surface area contributed by atoms with Crippen LogP contribution >= 0.6 is 0 Å². The molecule has 1 rings (SSSR count). The molecule has 0 aliphatic rings. The molecule has 0 atom stereocenters. The molecular formula is C22H35NO5. The lowest BCUT2D eigenvalue weighted by Crippen LogP contribution is -2.03. The summed E-state index contributed by atoms with van der Waals surface area (Å²) in [5, 5.41) is 3.92. The molecule has 0 spiro atoms. The van der Waals surface area contributed by atoms with E-state index in [0.29, 0.717) is 6.42 Å². The molecule has 0 radical (unpaired) electrons. The molecule has 1 aromatic rings. The second-order valence-corrected chi connectivity index (χ2v) is 6.96. The van der Waals surface area contributed by atoms with Crippen molar-refractivity contribution in [3.63, 3.8) is 0 Å². The van der Waals surface area contributed by atoms with E-state index >= 15 is 0 Å². The summed E-state index contributed by atoms with van der Waals surface area (Å²) >= 11 is 0. The number of unbranched alkanes of at least 4 members (excludes halogenated alkanes) is 8. The lowest BCUT2D eigenvalue weighted by Gasteiger charge is -2.02. The number of hydrogen-bond donors (Lipinski definition) is 0. The molecule has 6 heteroatoms. The highest BCUT2D eigenvalue weighted by molar-refractivity contribution is 5.91. The largest absolute Gasteiger partial charge is 0.469 e. The summed E-state index contributed by atoms with van der Waals surface area (Å²) < 4.78 is 14.9. The second-order valence-electron chi connectivity index (χ2n) is 6.96. The zero-order valence-corrected chi connectivity index (χ0v) is 17.6. The summed E-state index contributed by atoms with van der Waals surface area (Å²) in [5.74, 6) is 0.117. The molecular weight excluding hydrogens is 358 g/mol. The lowest BCUT2D eigenvalue weighted by molar-refractivity contribution is -0.140. The van der Waals surface area contributed by atoms with Gasteiger partial charge in [-0.25, -0.2) is 4.79 Å². The minimum absolute atomic E-state index is 0.150. The Morgan fingerprint density at radius 2 is 1.68 bits per heavy atom. The first-order chi connectivity index (χ1) is 13.6. The predicted octanol–water partition coefficient (Wildman–Crippen LogP) is 5.50. The SMILES string of the molecule is CCCCCC/C=C/c1c(C(=O)OC)noc1CCCCCCCC(=O)OC. The Labute approximate surface area is 168 Å². The number of hydrogen-bond acceptors (Lipinski definition) is 6. The number of carbonyl (C=O) groups excluding carboxylic acids is 2. The highest BCUT2D eigenvalue weighted by Gasteiger charge is 2.20. The van der Waals surface area contributed by atoms with Crippen molar-refractivity contribution >= 4 is 18.0 Å². The van der Waals surface area contributed by atoms with Crippen molar-refractivity contribution in [3.8, 4) is 0 Å². The molecule has 0 unspecified atom stereocenters. The number of esters is 2. The number of allylic oxidation sites excluding steroid dienone is 1. The van der Waals surface area contributed by atoms with Crippen LogP contribution in [0.2, 0.25) is 0 Å². The van der Waals surface area contributed by atoms with Gasteiger partial charge >= 0.3 is 11.9 Å². The Kier molecular flexibility index (Phi) is 12.7. The van der Waals surface area contributed by atoms with Gasteiger partial charge in [-0.15, -0.1) is 0 Å². The standard InChI is InChI=1S/C22H35NO5/c1-4-5-6-7-9-12-15-18-19(28-23-21(18)22(25)27-3)16-13-10-8-11-14-17-20(24)26-2/h12,15H,4-11,13-14,16-17H2,1-3H3/b15-12+. The summed E-state index contributed by atoms with van der Waals surface area (Å²) in [5.41, 5.74) is 0.994. The summed E-state index contributed by atoms with van der Waals surface area (Å²) in [6.07, 6.45) is 16.0. The molecule has 28 heavy (non-hydrogen) atoms. The zero-order valence-electron chi connectivity index (χ0n) is 17.6. The minimum Gasteiger partial charge on any atom is -0.469 e. The third-order valence-corrected chi connectivity index (χ3v) is 4.70. The highest BCUT2D eigenvalue weighted by Crippen LogP contribution is 2.21. The number of aromatic nitrogens is 1. The fourth-order valence-electron chi connectivity index (χ4n) is 3.00. The van der Waals surface area contributed by atoms with E-state index in [2.05, 4.69) is 22.9 Å². The normalized spacial score (nSPS) is 11.1. The first kappa shape index (κ1) is 23.9. The van der Waals surface area contributed by atoms with Crippen LogP contribution in [-0.4, -0.2) is 31.3 Å². The van der Waals surface area contributed by atoms with Gasteiger partial charge in [-0.2, -0.15) is 0 Å². The topological polar surface area (TPSA) is 78.6 Å². The molecule has 0 saturated carbocycles. The highest BCUT2D eigenvalue weighted by atomic mass is 16.5. The van der Waals surface area contributed by atoms with Crippen LogP contribution in [0.25, 0.3) is 6.08 Å². The average molecular weight is 394 g/mol. The van der Waals surface area contributed by atoms with Gasteiger partial charge < -0.3 is 14.0 Å². The molecule has 158 valence electrons. The van der Waals surface area contributed by atoms with Gasteiger partial charge in [-0.05, 0) is 25.7 Å². The number of carbonyl (C=O) groups is 2. The summed E-state index contributed by atoms with van der Waals surface area (Å²) in [7, 11) is 2.77. The van der Waals surface area contributed by atoms with Crippen LogP contribution in [0.4, 0.5) is 0 Å². The van der Waals surface area contributed by atoms with Crippen molar-refractivity contribution in [1.82, 2.24) is 5.16 Å². The van der Waals surface area contributed by atoms with Gasteiger partial charge in [-0.3, -0.25) is 4.79 Å². The summed E-state index contributed by atoms with van der Waals surface area (Å²) in [4.78, 5) is 23.0. The van der Waals surface area contributed by atoms with Gasteiger partial charge in [-0.1, -0.05) is 62.8 Å². The van der Waals surface area contributed by atoms with Crippen LogP contribution < -0.4 is 0 Å². The van der Waals surface area contributed by atoms with Gasteiger partial charge in [0.2, 0.25) is 0 Å². The Morgan fingerprint density at radius 3 is 2.39 bits per heavy atom. The molecule has 0 aliphatic heterocycles. The zero-order chi connectivity index (χ0) is 20.6. The van der Waals surface area contributed by atoms with Crippen molar-refractivity contribution < 1.29 is 23.6 Å². The lowest BCUT2D eigenvalue weighted by atomic mass is 10.0. The van der Waals surface area contributed by atoms with E-state index in [9.17, 15) is 9.59 Å². The van der Waals surface area contributed by atoms with Crippen molar-refractivity contribution in [2.75, 3.05) is 14.2 Å². The van der Waals surface area contributed by atoms with Crippen molar-refractivity contribution in [2.24, 2.45) is 0 Å². The molecule has 0 fully saturated rings. The van der Waals surface area contributed by atoms with Crippen LogP contribution in [-0.2, 0) is 20.7 Å². The molecule has 6 nitrogen and oxygen atoms in total. The fraction of sp³-hybridized carbons (Fsp3) is 0.682. The number of nitrogens with zero attached hydrogens (tertiary/aromatic N) is 1. The Balaban J connectivity index is 2.49. The van der Waals surface area contributed by atoms with E-state index in [0.717, 1.165) is 62.7 Å². The third kappa shape index (κ3) is 9.20. The Bertz CT molecular complexity index is 606. The van der Waals surface area contributed by atoms with E-state index in [4.69, 9.17) is 9.26 Å². The number of methoxy groups -OCH3 is 2. The van der Waals surface area contributed by atoms with Gasteiger partial charge in [0.1, 0.15) is 5.76 Å². The van der Waals surface area contributed by atoms with E-state index in [1.54, 1.807) is 0 Å². The summed E-state index contributed by atoms with van der Waals surface area (Å²) in [6, 6.07) is 0. The van der Waals surface area contributed by atoms with E-state index < -0.39 is 5.97 Å². The maximum Gasteiger partial charge on any atom is 0.360 e. The smallest absolute Gasteiger partial charge is 0.360 e. The first-order valence-electron chi connectivity index (χ1n) is 10.4. The average Bonchev–Trinajstić information content (AvgIpc) is 3.11. The van der Waals surface area contributed by atoms with Crippen molar-refractivity contribution in [2.45, 2.75) is 84.0 Å². The van der Waals surface area contributed by atoms with Crippen molar-refractivity contribution in [1.29, 1.82) is 0 Å². The number of aryl methyl sites for hydroxylation is 1. The number of rotatable bonds is 15. The van der Waals surface area contributed by atoms with E-state index in [1.807, 2.05) is 6.08 Å². The molecule has 0 saturated heterocycles. The van der Waals surface area contributed by atoms with E-state index in [1.165, 1.54) is 33.5 Å². The quantitative estimate of drug-likeness (QED) is 0.289. The van der Waals surface area contributed by atoms with Gasteiger partial charge in [0.15, 0.2) is 5.69 Å². The van der Waals surface area contributed by atoms with Crippen LogP contribution in [0.3, 0.4) is 0 Å². The maximum atomic E-state index is 11.9. The molecule has 0 aliphatic carbocycles. The number of ether oxygens (including phenoxy) is 2. The van der Waals surface area contributed by atoms with E-state index in [-0.39, 0.29) is 11.7 Å². The fourth-order valence-corrected chi connectivity index (χ4v) is 3.00. The second kappa shape index (κ2) is 14.9. The van der Waals surface area contributed by atoms with Crippen LogP contribution in [0, 0.1) is 0 Å². The minimum atomic E-state index is -0.469. The molecule has 1 heterocycles. The van der Waals surface area contributed by atoms with Gasteiger partial charge in [0.05, 0.1) is 19.8 Å². The molecule has 0 N–H and O–H groups in total. The maximum absolute atomic E-state index is 11.9. The monoisotopic (exact) mass is 393 g/mol. The molecule has 1 aromatic heterocycles. The van der Waals surface area contributed by atoms with Crippen LogP contribution in [0.1, 0.15) is 99.4 Å². The Morgan fingerprint density at radius 1 is 0.964 bits per heavy atom. The third-order valence-electron chi connectivity index (χ3n) is 4.70. The Hall–Kier alpha value is -2.11. The molecule has 0 bridgehead atoms. The van der Waals surface area contributed by atoms with Crippen molar-refractivity contribution in [3.05, 3.63) is 23.1 Å². The van der Waals surface area contributed by atoms with Gasteiger partial charge in [0.25, 0.3) is 0 Å². The molecule has 0 aromatic carbocycles. The van der Waals surface area contributed by atoms with Crippen LogP contribution in [0.5, 0.6) is 0 Å².